The SMILES string of the molecule is CCNC(Cc1cc(Cl)ccc1F)c1ccc(F)c(Cl)c1. The van der Waals surface area contributed by atoms with Crippen LogP contribution in [-0.4, -0.2) is 6.54 Å². The highest BCUT2D eigenvalue weighted by molar-refractivity contribution is 6.31. The van der Waals surface area contributed by atoms with Crippen molar-refractivity contribution in [3.05, 3.63) is 69.2 Å². The second kappa shape index (κ2) is 7.21. The number of nitrogens with one attached hydrogen (secondary N) is 1. The zero-order valence-corrected chi connectivity index (χ0v) is 13.0. The molecule has 1 atom stereocenters. The lowest BCUT2D eigenvalue weighted by atomic mass is 9.98. The van der Waals surface area contributed by atoms with Crippen LogP contribution in [0.5, 0.6) is 0 Å². The van der Waals surface area contributed by atoms with Gasteiger partial charge in [0.1, 0.15) is 11.6 Å². The fourth-order valence-electron chi connectivity index (χ4n) is 2.20. The average Bonchev–Trinajstić information content (AvgIpc) is 2.45. The molecule has 1 unspecified atom stereocenters. The number of hydrogen-bond donors (Lipinski definition) is 1. The van der Waals surface area contributed by atoms with Gasteiger partial charge in [-0.3, -0.25) is 0 Å². The Kier molecular flexibility index (Phi) is 5.57. The van der Waals surface area contributed by atoms with Crippen LogP contribution >= 0.6 is 23.2 Å². The van der Waals surface area contributed by atoms with Crippen molar-refractivity contribution in [1.82, 2.24) is 5.32 Å². The zero-order valence-electron chi connectivity index (χ0n) is 11.5. The van der Waals surface area contributed by atoms with E-state index >= 15 is 0 Å². The quantitative estimate of drug-likeness (QED) is 0.798. The molecule has 0 saturated heterocycles. The number of hydrogen-bond acceptors (Lipinski definition) is 1. The maximum absolute atomic E-state index is 13.9. The maximum Gasteiger partial charge on any atom is 0.141 e. The number of halogens is 4. The lowest BCUT2D eigenvalue weighted by Gasteiger charge is -2.19. The molecule has 5 heteroatoms. The van der Waals surface area contributed by atoms with Gasteiger partial charge < -0.3 is 5.32 Å². The molecule has 21 heavy (non-hydrogen) atoms. The summed E-state index contributed by atoms with van der Waals surface area (Å²) in [6.07, 6.45) is 0.405. The standard InChI is InChI=1S/C16H15Cl2F2N/c1-2-21-16(10-3-5-15(20)13(18)8-10)9-11-7-12(17)4-6-14(11)19/h3-8,16,21H,2,9H2,1H3. The molecular weight excluding hydrogens is 315 g/mol. The molecule has 112 valence electrons. The molecule has 0 aromatic heterocycles. The van der Waals surface area contributed by atoms with Crippen molar-refractivity contribution in [1.29, 1.82) is 0 Å². The minimum absolute atomic E-state index is 0.0574. The van der Waals surface area contributed by atoms with Gasteiger partial charge in [0.15, 0.2) is 0 Å². The van der Waals surface area contributed by atoms with Crippen LogP contribution in [0.25, 0.3) is 0 Å². The molecule has 0 aliphatic heterocycles. The van der Waals surface area contributed by atoms with Gasteiger partial charge in [0, 0.05) is 11.1 Å². The molecule has 2 rings (SSSR count). The van der Waals surface area contributed by atoms with Gasteiger partial charge in [-0.2, -0.15) is 0 Å². The van der Waals surface area contributed by atoms with Gasteiger partial charge in [-0.25, -0.2) is 8.78 Å². The molecule has 2 aromatic carbocycles. The first-order valence-corrected chi connectivity index (χ1v) is 7.39. The minimum atomic E-state index is -0.468. The summed E-state index contributed by atoms with van der Waals surface area (Å²) in [6, 6.07) is 8.82. The highest BCUT2D eigenvalue weighted by Gasteiger charge is 2.15. The van der Waals surface area contributed by atoms with Crippen molar-refractivity contribution in [3.63, 3.8) is 0 Å². The van der Waals surface area contributed by atoms with E-state index in [0.29, 0.717) is 23.6 Å². The third-order valence-corrected chi connectivity index (χ3v) is 3.75. The van der Waals surface area contributed by atoms with Gasteiger partial charge in [0.2, 0.25) is 0 Å². The van der Waals surface area contributed by atoms with E-state index in [0.717, 1.165) is 5.56 Å². The van der Waals surface area contributed by atoms with E-state index in [1.54, 1.807) is 18.2 Å². The Balaban J connectivity index is 2.30. The monoisotopic (exact) mass is 329 g/mol. The van der Waals surface area contributed by atoms with Crippen LogP contribution in [0.2, 0.25) is 10.0 Å². The molecule has 0 aliphatic carbocycles. The summed E-state index contributed by atoms with van der Waals surface area (Å²) < 4.78 is 27.1. The second-order valence-corrected chi connectivity index (χ2v) is 5.57. The van der Waals surface area contributed by atoms with Crippen LogP contribution in [0.3, 0.4) is 0 Å². The summed E-state index contributed by atoms with van der Waals surface area (Å²) in [5.74, 6) is -0.778. The summed E-state index contributed by atoms with van der Waals surface area (Å²) >= 11 is 11.7. The minimum Gasteiger partial charge on any atom is -0.310 e. The summed E-state index contributed by atoms with van der Waals surface area (Å²) in [5.41, 5.74) is 1.32. The van der Waals surface area contributed by atoms with Gasteiger partial charge in [0.25, 0.3) is 0 Å². The molecule has 0 saturated carbocycles. The Labute approximate surface area is 132 Å². The lowest BCUT2D eigenvalue weighted by molar-refractivity contribution is 0.526. The molecular formula is C16H15Cl2F2N. The van der Waals surface area contributed by atoms with Gasteiger partial charge in [-0.1, -0.05) is 36.2 Å². The van der Waals surface area contributed by atoms with Crippen LogP contribution < -0.4 is 5.32 Å². The Hall–Kier alpha value is -1.16. The van der Waals surface area contributed by atoms with E-state index in [4.69, 9.17) is 23.2 Å². The lowest BCUT2D eigenvalue weighted by Crippen LogP contribution is -2.23. The molecule has 0 amide bonds. The normalized spacial score (nSPS) is 12.4. The van der Waals surface area contributed by atoms with E-state index in [1.165, 1.54) is 18.2 Å². The Morgan fingerprint density at radius 2 is 1.76 bits per heavy atom. The average molecular weight is 330 g/mol. The predicted molar refractivity (Wildman–Crippen MR) is 82.9 cm³/mol. The Bertz CT molecular complexity index is 632. The number of benzene rings is 2. The van der Waals surface area contributed by atoms with Crippen molar-refractivity contribution in [2.75, 3.05) is 6.54 Å². The van der Waals surface area contributed by atoms with Crippen LogP contribution in [-0.2, 0) is 6.42 Å². The third-order valence-electron chi connectivity index (χ3n) is 3.23. The molecule has 2 aromatic rings. The van der Waals surface area contributed by atoms with Crippen molar-refractivity contribution in [2.24, 2.45) is 0 Å². The first-order valence-electron chi connectivity index (χ1n) is 6.63. The summed E-state index contributed by atoms with van der Waals surface area (Å²) in [7, 11) is 0. The molecule has 1 nitrogen and oxygen atoms in total. The zero-order chi connectivity index (χ0) is 15.4. The van der Waals surface area contributed by atoms with Gasteiger partial charge in [-0.05, 0) is 54.4 Å². The van der Waals surface area contributed by atoms with Gasteiger partial charge >= 0.3 is 0 Å². The summed E-state index contributed by atoms with van der Waals surface area (Å²) in [6.45, 7) is 2.65. The van der Waals surface area contributed by atoms with E-state index in [9.17, 15) is 8.78 Å². The van der Waals surface area contributed by atoms with Crippen LogP contribution in [0.4, 0.5) is 8.78 Å². The molecule has 1 N–H and O–H groups in total. The van der Waals surface area contributed by atoms with Gasteiger partial charge in [0.05, 0.1) is 5.02 Å². The first kappa shape index (κ1) is 16.2. The molecule has 0 bridgehead atoms. The molecule has 0 aliphatic rings. The highest BCUT2D eigenvalue weighted by Crippen LogP contribution is 2.25. The van der Waals surface area contributed by atoms with Crippen molar-refractivity contribution in [3.8, 4) is 0 Å². The van der Waals surface area contributed by atoms with Gasteiger partial charge in [-0.15, -0.1) is 0 Å². The van der Waals surface area contributed by atoms with E-state index in [1.807, 2.05) is 6.92 Å². The van der Waals surface area contributed by atoms with Crippen LogP contribution in [0, 0.1) is 11.6 Å². The van der Waals surface area contributed by atoms with Crippen LogP contribution in [0.1, 0.15) is 24.1 Å². The van der Waals surface area contributed by atoms with Crippen LogP contribution in [0.15, 0.2) is 36.4 Å². The topological polar surface area (TPSA) is 12.0 Å². The smallest absolute Gasteiger partial charge is 0.141 e. The first-order chi connectivity index (χ1) is 10.0. The summed E-state index contributed by atoms with van der Waals surface area (Å²) in [5, 5.41) is 3.79. The Morgan fingerprint density at radius 1 is 1.05 bits per heavy atom. The summed E-state index contributed by atoms with van der Waals surface area (Å²) in [4.78, 5) is 0. The molecule has 0 heterocycles. The van der Waals surface area contributed by atoms with E-state index < -0.39 is 5.82 Å². The van der Waals surface area contributed by atoms with E-state index in [2.05, 4.69) is 5.32 Å². The fraction of sp³-hybridized carbons (Fsp3) is 0.250. The Morgan fingerprint density at radius 3 is 2.43 bits per heavy atom. The highest BCUT2D eigenvalue weighted by atomic mass is 35.5. The molecule has 0 radical (unpaired) electrons. The molecule has 0 spiro atoms. The molecule has 0 fully saturated rings. The largest absolute Gasteiger partial charge is 0.310 e. The fourth-order valence-corrected chi connectivity index (χ4v) is 2.59. The number of rotatable bonds is 5. The van der Waals surface area contributed by atoms with E-state index in [-0.39, 0.29) is 16.9 Å². The number of likely N-dealkylation sites (N-methyl/N-ethyl adjacent to an activating group) is 1. The van der Waals surface area contributed by atoms with Crippen molar-refractivity contribution in [2.45, 2.75) is 19.4 Å². The van der Waals surface area contributed by atoms with Crippen molar-refractivity contribution < 1.29 is 8.78 Å². The predicted octanol–water partition coefficient (Wildman–Crippen LogP) is 5.16. The van der Waals surface area contributed by atoms with Crippen molar-refractivity contribution >= 4 is 23.2 Å². The maximum atomic E-state index is 13.9. The third kappa shape index (κ3) is 4.16. The second-order valence-electron chi connectivity index (χ2n) is 4.72.